The molecule has 1 rings (SSSR count). The van der Waals surface area contributed by atoms with E-state index in [1.165, 1.54) is 17.1 Å². The van der Waals surface area contributed by atoms with Crippen molar-refractivity contribution < 1.29 is 14.7 Å². The van der Waals surface area contributed by atoms with Gasteiger partial charge in [0, 0.05) is 6.20 Å². The van der Waals surface area contributed by atoms with Crippen LogP contribution >= 0.6 is 0 Å². The maximum atomic E-state index is 11.8. The molecule has 0 aliphatic carbocycles. The van der Waals surface area contributed by atoms with Crippen molar-refractivity contribution >= 4 is 17.6 Å². The summed E-state index contributed by atoms with van der Waals surface area (Å²) in [6.45, 7) is 5.35. The van der Waals surface area contributed by atoms with E-state index in [4.69, 9.17) is 10.8 Å². The first-order valence-electron chi connectivity index (χ1n) is 5.51. The van der Waals surface area contributed by atoms with Gasteiger partial charge in [-0.25, -0.2) is 0 Å². The van der Waals surface area contributed by atoms with Gasteiger partial charge in [0.15, 0.2) is 0 Å². The molecule has 1 atom stereocenters. The van der Waals surface area contributed by atoms with Crippen molar-refractivity contribution in [3.63, 3.8) is 0 Å². The summed E-state index contributed by atoms with van der Waals surface area (Å²) >= 11 is 0. The Morgan fingerprint density at radius 2 is 2.17 bits per heavy atom. The van der Waals surface area contributed by atoms with E-state index in [0.29, 0.717) is 5.69 Å². The molecule has 0 spiro atoms. The highest BCUT2D eigenvalue weighted by Crippen LogP contribution is 2.18. The van der Waals surface area contributed by atoms with Gasteiger partial charge in [0.05, 0.1) is 17.9 Å². The Labute approximate surface area is 105 Å². The maximum Gasteiger partial charge on any atom is 0.325 e. The van der Waals surface area contributed by atoms with Gasteiger partial charge in [-0.05, 0) is 5.41 Å². The van der Waals surface area contributed by atoms with Crippen LogP contribution < -0.4 is 11.1 Å². The first-order valence-corrected chi connectivity index (χ1v) is 5.51. The molecule has 1 aromatic heterocycles. The number of nitrogens with two attached hydrogens (primary N) is 1. The third-order valence-corrected chi connectivity index (χ3v) is 2.41. The minimum atomic E-state index is -0.998. The monoisotopic (exact) mass is 254 g/mol. The number of carboxylic acids is 1. The van der Waals surface area contributed by atoms with E-state index in [0.717, 1.165) is 0 Å². The predicted molar refractivity (Wildman–Crippen MR) is 65.9 cm³/mol. The number of carboxylic acid groups (broad SMARTS) is 1. The molecule has 0 aromatic carbocycles. The predicted octanol–water partition coefficient (Wildman–Crippen LogP) is 0.280. The second-order valence-corrected chi connectivity index (χ2v) is 5.15. The fourth-order valence-electron chi connectivity index (χ4n) is 1.27. The minimum absolute atomic E-state index is 0.249. The van der Waals surface area contributed by atoms with Crippen LogP contribution in [0.15, 0.2) is 12.4 Å². The molecule has 0 saturated carbocycles. The van der Waals surface area contributed by atoms with E-state index < -0.39 is 12.0 Å². The molecular formula is C11H18N4O3. The third-order valence-electron chi connectivity index (χ3n) is 2.41. The molecule has 4 N–H and O–H groups in total. The van der Waals surface area contributed by atoms with Crippen LogP contribution in [0.5, 0.6) is 0 Å². The van der Waals surface area contributed by atoms with Gasteiger partial charge in [0.1, 0.15) is 6.54 Å². The molecule has 0 aliphatic heterocycles. The maximum absolute atomic E-state index is 11.8. The molecule has 1 amide bonds. The molecule has 1 unspecified atom stereocenters. The largest absolute Gasteiger partial charge is 0.480 e. The molecule has 0 saturated heterocycles. The van der Waals surface area contributed by atoms with Gasteiger partial charge >= 0.3 is 5.97 Å². The number of hydrogen-bond acceptors (Lipinski definition) is 4. The SMILES string of the molecule is CC(C)(C)C(N)C(=O)Nc1cnn(CC(=O)O)c1. The van der Waals surface area contributed by atoms with Gasteiger partial charge in [-0.1, -0.05) is 20.8 Å². The smallest absolute Gasteiger partial charge is 0.325 e. The van der Waals surface area contributed by atoms with Crippen molar-refractivity contribution in [2.24, 2.45) is 11.1 Å². The lowest BCUT2D eigenvalue weighted by Crippen LogP contribution is -2.45. The summed E-state index contributed by atoms with van der Waals surface area (Å²) in [4.78, 5) is 22.3. The number of hydrogen-bond donors (Lipinski definition) is 3. The van der Waals surface area contributed by atoms with Crippen LogP contribution in [0.1, 0.15) is 20.8 Å². The van der Waals surface area contributed by atoms with Crippen molar-refractivity contribution in [3.8, 4) is 0 Å². The van der Waals surface area contributed by atoms with Crippen molar-refractivity contribution in [2.45, 2.75) is 33.4 Å². The number of nitrogens with one attached hydrogen (secondary N) is 1. The van der Waals surface area contributed by atoms with Crippen molar-refractivity contribution in [3.05, 3.63) is 12.4 Å². The fourth-order valence-corrected chi connectivity index (χ4v) is 1.27. The Bertz CT molecular complexity index is 447. The first kappa shape index (κ1) is 14.2. The van der Waals surface area contributed by atoms with E-state index in [1.807, 2.05) is 20.8 Å². The van der Waals surface area contributed by atoms with E-state index in [1.54, 1.807) is 0 Å². The lowest BCUT2D eigenvalue weighted by molar-refractivity contribution is -0.137. The summed E-state index contributed by atoms with van der Waals surface area (Å²) in [5.41, 5.74) is 5.88. The van der Waals surface area contributed by atoms with E-state index in [9.17, 15) is 9.59 Å². The van der Waals surface area contributed by atoms with Crippen LogP contribution in [0.3, 0.4) is 0 Å². The van der Waals surface area contributed by atoms with Gasteiger partial charge in [-0.15, -0.1) is 0 Å². The Kier molecular flexibility index (Phi) is 4.07. The molecule has 1 aromatic rings. The zero-order valence-electron chi connectivity index (χ0n) is 10.7. The number of carbonyl (C=O) groups excluding carboxylic acids is 1. The Morgan fingerprint density at radius 1 is 1.56 bits per heavy atom. The van der Waals surface area contributed by atoms with Crippen molar-refractivity contribution in [2.75, 3.05) is 5.32 Å². The molecular weight excluding hydrogens is 236 g/mol. The first-order chi connectivity index (χ1) is 8.20. The highest BCUT2D eigenvalue weighted by Gasteiger charge is 2.27. The van der Waals surface area contributed by atoms with Crippen molar-refractivity contribution in [1.29, 1.82) is 0 Å². The number of anilines is 1. The van der Waals surface area contributed by atoms with Crippen molar-refractivity contribution in [1.82, 2.24) is 9.78 Å². The highest BCUT2D eigenvalue weighted by molar-refractivity contribution is 5.95. The Hall–Kier alpha value is -1.89. The standard InChI is InChI=1S/C11H18N4O3/c1-11(2,3)9(12)10(18)14-7-4-13-15(5-7)6-8(16)17/h4-5,9H,6,12H2,1-3H3,(H,14,18)(H,16,17). The summed E-state index contributed by atoms with van der Waals surface area (Å²) < 4.78 is 1.22. The average Bonchev–Trinajstić information content (AvgIpc) is 2.61. The average molecular weight is 254 g/mol. The minimum Gasteiger partial charge on any atom is -0.480 e. The van der Waals surface area contributed by atoms with Gasteiger partial charge in [0.25, 0.3) is 0 Å². The summed E-state index contributed by atoms with van der Waals surface area (Å²) in [6, 6.07) is -0.652. The van der Waals surface area contributed by atoms with Crippen LogP contribution in [0, 0.1) is 5.41 Å². The third kappa shape index (κ3) is 3.85. The lowest BCUT2D eigenvalue weighted by Gasteiger charge is -2.25. The molecule has 7 nitrogen and oxygen atoms in total. The highest BCUT2D eigenvalue weighted by atomic mass is 16.4. The van der Waals surface area contributed by atoms with Crippen LogP contribution in [0.4, 0.5) is 5.69 Å². The zero-order valence-corrected chi connectivity index (χ0v) is 10.7. The van der Waals surface area contributed by atoms with Gasteiger partial charge in [-0.3, -0.25) is 14.3 Å². The summed E-state index contributed by atoms with van der Waals surface area (Å²) in [7, 11) is 0. The number of carbonyl (C=O) groups is 2. The number of amides is 1. The molecule has 0 bridgehead atoms. The van der Waals surface area contributed by atoms with Crippen LogP contribution in [-0.2, 0) is 16.1 Å². The molecule has 0 fully saturated rings. The van der Waals surface area contributed by atoms with Gasteiger partial charge in [0.2, 0.25) is 5.91 Å². The number of aromatic nitrogens is 2. The number of rotatable bonds is 4. The van der Waals surface area contributed by atoms with Crippen LogP contribution in [0.2, 0.25) is 0 Å². The van der Waals surface area contributed by atoms with E-state index in [-0.39, 0.29) is 17.9 Å². The summed E-state index contributed by atoms with van der Waals surface area (Å²) in [6.07, 6.45) is 2.83. The second-order valence-electron chi connectivity index (χ2n) is 5.15. The molecule has 0 radical (unpaired) electrons. The lowest BCUT2D eigenvalue weighted by atomic mass is 9.87. The van der Waals surface area contributed by atoms with E-state index >= 15 is 0 Å². The molecule has 18 heavy (non-hydrogen) atoms. The fraction of sp³-hybridized carbons (Fsp3) is 0.545. The molecule has 100 valence electrons. The molecule has 7 heteroatoms. The zero-order chi connectivity index (χ0) is 13.9. The molecule has 1 heterocycles. The van der Waals surface area contributed by atoms with Crippen LogP contribution in [-0.4, -0.2) is 32.8 Å². The quantitative estimate of drug-likeness (QED) is 0.714. The summed E-state index contributed by atoms with van der Waals surface area (Å²) in [5.74, 6) is -1.32. The van der Waals surface area contributed by atoms with Crippen LogP contribution in [0.25, 0.3) is 0 Å². The topological polar surface area (TPSA) is 110 Å². The number of nitrogens with zero attached hydrogens (tertiary/aromatic N) is 2. The van der Waals surface area contributed by atoms with Gasteiger partial charge < -0.3 is 16.2 Å². The van der Waals surface area contributed by atoms with Gasteiger partial charge in [-0.2, -0.15) is 5.10 Å². The Morgan fingerprint density at radius 3 is 2.67 bits per heavy atom. The normalized spacial score (nSPS) is 13.1. The second kappa shape index (κ2) is 5.18. The Balaban J connectivity index is 2.65. The summed E-state index contributed by atoms with van der Waals surface area (Å²) in [5, 5.41) is 15.0. The molecule has 0 aliphatic rings. The van der Waals surface area contributed by atoms with E-state index in [2.05, 4.69) is 10.4 Å². The number of aliphatic carboxylic acids is 1.